The van der Waals surface area contributed by atoms with Gasteiger partial charge in [-0.25, -0.2) is 13.6 Å². The van der Waals surface area contributed by atoms with Gasteiger partial charge in [0, 0.05) is 0 Å². The number of hydrogen-bond donors (Lipinski definition) is 0. The molecule has 1 atom stereocenters. The van der Waals surface area contributed by atoms with E-state index >= 15 is 0 Å². The monoisotopic (exact) mass is 228 g/mol. The minimum atomic E-state index is -1.16. The Morgan fingerprint density at radius 3 is 2.44 bits per heavy atom. The molecule has 1 unspecified atom stereocenters. The van der Waals surface area contributed by atoms with E-state index in [4.69, 9.17) is 4.74 Å². The summed E-state index contributed by atoms with van der Waals surface area (Å²) in [5.41, 5.74) is -0.368. The number of benzene rings is 1. The Balaban J connectivity index is 2.85. The van der Waals surface area contributed by atoms with Gasteiger partial charge in [0.15, 0.2) is 11.6 Å². The minimum Gasteiger partial charge on any atom is -0.459 e. The van der Waals surface area contributed by atoms with Crippen LogP contribution in [0.2, 0.25) is 0 Å². The molecule has 0 bridgehead atoms. The molecule has 0 radical (unpaired) electrons. The SMILES string of the molecule is CC(C)C(C)OC(=O)c1cccc(F)c1F. The Bertz CT molecular complexity index is 389. The molecule has 1 rings (SSSR count). The maximum absolute atomic E-state index is 13.2. The molecule has 0 saturated carbocycles. The van der Waals surface area contributed by atoms with Gasteiger partial charge in [0.05, 0.1) is 5.56 Å². The Morgan fingerprint density at radius 2 is 1.88 bits per heavy atom. The van der Waals surface area contributed by atoms with Crippen molar-refractivity contribution in [3.05, 3.63) is 35.4 Å². The van der Waals surface area contributed by atoms with Crippen LogP contribution in [0.1, 0.15) is 31.1 Å². The van der Waals surface area contributed by atoms with Crippen LogP contribution in [0, 0.1) is 17.6 Å². The Kier molecular flexibility index (Phi) is 3.99. The summed E-state index contributed by atoms with van der Waals surface area (Å²) in [5, 5.41) is 0. The summed E-state index contributed by atoms with van der Waals surface area (Å²) in [6.45, 7) is 5.46. The Morgan fingerprint density at radius 1 is 1.25 bits per heavy atom. The zero-order chi connectivity index (χ0) is 12.3. The van der Waals surface area contributed by atoms with Crippen LogP contribution >= 0.6 is 0 Å². The van der Waals surface area contributed by atoms with Crippen LogP contribution in [0.4, 0.5) is 8.78 Å². The third-order valence-electron chi connectivity index (χ3n) is 2.40. The number of carbonyl (C=O) groups is 1. The van der Waals surface area contributed by atoms with Crippen LogP contribution in [-0.4, -0.2) is 12.1 Å². The van der Waals surface area contributed by atoms with Gasteiger partial charge in [-0.3, -0.25) is 0 Å². The second kappa shape index (κ2) is 5.05. The van der Waals surface area contributed by atoms with Crippen molar-refractivity contribution >= 4 is 5.97 Å². The molecule has 0 N–H and O–H groups in total. The van der Waals surface area contributed by atoms with Gasteiger partial charge in [-0.2, -0.15) is 0 Å². The first-order valence-corrected chi connectivity index (χ1v) is 5.08. The Labute approximate surface area is 93.2 Å². The average Bonchev–Trinajstić information content (AvgIpc) is 2.21. The number of rotatable bonds is 3. The third kappa shape index (κ3) is 2.78. The third-order valence-corrected chi connectivity index (χ3v) is 2.40. The van der Waals surface area contributed by atoms with Crippen molar-refractivity contribution in [2.75, 3.05) is 0 Å². The number of carbonyl (C=O) groups excluding carboxylic acids is 1. The lowest BCUT2D eigenvalue weighted by atomic mass is 10.1. The van der Waals surface area contributed by atoms with Gasteiger partial charge in [-0.05, 0) is 25.0 Å². The highest BCUT2D eigenvalue weighted by molar-refractivity contribution is 5.89. The van der Waals surface area contributed by atoms with Crippen molar-refractivity contribution in [1.82, 2.24) is 0 Å². The average molecular weight is 228 g/mol. The van der Waals surface area contributed by atoms with E-state index in [0.717, 1.165) is 6.07 Å². The van der Waals surface area contributed by atoms with E-state index in [1.54, 1.807) is 6.92 Å². The second-order valence-electron chi connectivity index (χ2n) is 3.96. The summed E-state index contributed by atoms with van der Waals surface area (Å²) < 4.78 is 31.1. The summed E-state index contributed by atoms with van der Waals surface area (Å²) in [5.74, 6) is -2.92. The van der Waals surface area contributed by atoms with Crippen molar-refractivity contribution < 1.29 is 18.3 Å². The van der Waals surface area contributed by atoms with Crippen molar-refractivity contribution in [1.29, 1.82) is 0 Å². The van der Waals surface area contributed by atoms with Gasteiger partial charge in [0.25, 0.3) is 0 Å². The topological polar surface area (TPSA) is 26.3 Å². The molecular weight excluding hydrogens is 214 g/mol. The number of esters is 1. The molecule has 0 spiro atoms. The summed E-state index contributed by atoms with van der Waals surface area (Å²) >= 11 is 0. The lowest BCUT2D eigenvalue weighted by molar-refractivity contribution is 0.0232. The molecule has 0 saturated heterocycles. The fourth-order valence-corrected chi connectivity index (χ4v) is 1.03. The predicted molar refractivity (Wildman–Crippen MR) is 56.1 cm³/mol. The predicted octanol–water partition coefficient (Wildman–Crippen LogP) is 3.17. The molecule has 1 aromatic carbocycles. The molecule has 88 valence electrons. The second-order valence-corrected chi connectivity index (χ2v) is 3.96. The van der Waals surface area contributed by atoms with Crippen LogP contribution in [0.25, 0.3) is 0 Å². The van der Waals surface area contributed by atoms with Gasteiger partial charge in [-0.15, -0.1) is 0 Å². The zero-order valence-corrected chi connectivity index (χ0v) is 9.46. The molecular formula is C12H14F2O2. The van der Waals surface area contributed by atoms with Crippen molar-refractivity contribution in [3.63, 3.8) is 0 Å². The lowest BCUT2D eigenvalue weighted by Crippen LogP contribution is -2.21. The smallest absolute Gasteiger partial charge is 0.341 e. The van der Waals surface area contributed by atoms with Crippen molar-refractivity contribution in [2.24, 2.45) is 5.92 Å². The van der Waals surface area contributed by atoms with Crippen molar-refractivity contribution in [3.8, 4) is 0 Å². The molecule has 0 heterocycles. The summed E-state index contributed by atoms with van der Waals surface area (Å²) in [6, 6.07) is 3.43. The quantitative estimate of drug-likeness (QED) is 0.743. The lowest BCUT2D eigenvalue weighted by Gasteiger charge is -2.16. The molecule has 0 amide bonds. The first-order chi connectivity index (χ1) is 7.43. The first-order valence-electron chi connectivity index (χ1n) is 5.08. The molecule has 16 heavy (non-hydrogen) atoms. The maximum Gasteiger partial charge on any atom is 0.341 e. The highest BCUT2D eigenvalue weighted by Crippen LogP contribution is 2.15. The van der Waals surface area contributed by atoms with Gasteiger partial charge in [-0.1, -0.05) is 19.9 Å². The molecule has 0 aliphatic rings. The van der Waals surface area contributed by atoms with Crippen LogP contribution in [-0.2, 0) is 4.74 Å². The molecule has 0 fully saturated rings. The van der Waals surface area contributed by atoms with Gasteiger partial charge in [0.1, 0.15) is 6.10 Å². The van der Waals surface area contributed by atoms with Gasteiger partial charge in [0.2, 0.25) is 0 Å². The highest BCUT2D eigenvalue weighted by Gasteiger charge is 2.19. The van der Waals surface area contributed by atoms with Crippen molar-refractivity contribution in [2.45, 2.75) is 26.9 Å². The molecule has 2 nitrogen and oxygen atoms in total. The van der Waals surface area contributed by atoms with E-state index in [2.05, 4.69) is 0 Å². The van der Waals surface area contributed by atoms with Crippen LogP contribution in [0.5, 0.6) is 0 Å². The number of hydrogen-bond acceptors (Lipinski definition) is 2. The fourth-order valence-electron chi connectivity index (χ4n) is 1.03. The van der Waals surface area contributed by atoms with Gasteiger partial charge < -0.3 is 4.74 Å². The van der Waals surface area contributed by atoms with E-state index in [1.807, 2.05) is 13.8 Å². The minimum absolute atomic E-state index is 0.126. The highest BCUT2D eigenvalue weighted by atomic mass is 19.2. The maximum atomic E-state index is 13.2. The summed E-state index contributed by atoms with van der Waals surface area (Å²) in [6.07, 6.45) is -0.338. The van der Waals surface area contributed by atoms with Crippen LogP contribution < -0.4 is 0 Å². The van der Waals surface area contributed by atoms with E-state index in [1.165, 1.54) is 12.1 Å². The molecule has 1 aromatic rings. The normalized spacial score (nSPS) is 12.6. The number of halogens is 2. The van der Waals surface area contributed by atoms with Gasteiger partial charge >= 0.3 is 5.97 Å². The number of ether oxygens (including phenoxy) is 1. The molecule has 4 heteroatoms. The van der Waals surface area contributed by atoms with E-state index < -0.39 is 17.6 Å². The fraction of sp³-hybridized carbons (Fsp3) is 0.417. The molecule has 0 aliphatic heterocycles. The molecule has 0 aromatic heterocycles. The van der Waals surface area contributed by atoms with Crippen LogP contribution in [0.15, 0.2) is 18.2 Å². The van der Waals surface area contributed by atoms with E-state index in [9.17, 15) is 13.6 Å². The Hall–Kier alpha value is -1.45. The standard InChI is InChI=1S/C12H14F2O2/c1-7(2)8(3)16-12(15)9-5-4-6-10(13)11(9)14/h4-8H,1-3H3. The van der Waals surface area contributed by atoms with E-state index in [0.29, 0.717) is 0 Å². The largest absolute Gasteiger partial charge is 0.459 e. The summed E-state index contributed by atoms with van der Waals surface area (Å²) in [7, 11) is 0. The zero-order valence-electron chi connectivity index (χ0n) is 9.46. The van der Waals surface area contributed by atoms with E-state index in [-0.39, 0.29) is 17.6 Å². The summed E-state index contributed by atoms with van der Waals surface area (Å²) in [4.78, 5) is 11.5. The van der Waals surface area contributed by atoms with Crippen LogP contribution in [0.3, 0.4) is 0 Å². The first kappa shape index (κ1) is 12.6. The molecule has 0 aliphatic carbocycles.